The number of hydrogen-bond donors (Lipinski definition) is 1. The van der Waals surface area contributed by atoms with Crippen molar-refractivity contribution in [2.75, 3.05) is 0 Å². The van der Waals surface area contributed by atoms with E-state index in [1.54, 1.807) is 6.07 Å². The molecule has 0 radical (unpaired) electrons. The normalized spacial score (nSPS) is 18.7. The Morgan fingerprint density at radius 2 is 2.31 bits per heavy atom. The van der Waals surface area contributed by atoms with Crippen LogP contribution in [0.2, 0.25) is 5.02 Å². The lowest BCUT2D eigenvalue weighted by Crippen LogP contribution is -2.02. The smallest absolute Gasteiger partial charge is 0.231 e. The lowest BCUT2D eigenvalue weighted by atomic mass is 10.1. The minimum absolute atomic E-state index is 0.0538. The fourth-order valence-electron chi connectivity index (χ4n) is 1.33. The molecule has 0 aliphatic heterocycles. The quantitative estimate of drug-likeness (QED) is 0.745. The van der Waals surface area contributed by atoms with E-state index in [2.05, 4.69) is 4.98 Å². The summed E-state index contributed by atoms with van der Waals surface area (Å²) in [5, 5.41) is 9.63. The van der Waals surface area contributed by atoms with Crippen molar-refractivity contribution in [1.82, 2.24) is 4.98 Å². The number of nitrogens with zero attached hydrogens (tertiary/aromatic N) is 1. The molecule has 1 aromatic heterocycles. The second-order valence-electron chi connectivity index (χ2n) is 3.29. The van der Waals surface area contributed by atoms with Crippen molar-refractivity contribution in [2.45, 2.75) is 18.9 Å². The van der Waals surface area contributed by atoms with Gasteiger partial charge in [-0.2, -0.15) is 4.39 Å². The summed E-state index contributed by atoms with van der Waals surface area (Å²) in [6.07, 6.45) is 2.66. The van der Waals surface area contributed by atoms with E-state index in [-0.39, 0.29) is 10.9 Å². The highest BCUT2D eigenvalue weighted by Crippen LogP contribution is 2.42. The lowest BCUT2D eigenvalue weighted by Gasteiger charge is -2.10. The highest BCUT2D eigenvalue weighted by molar-refractivity contribution is 6.31. The summed E-state index contributed by atoms with van der Waals surface area (Å²) in [6, 6.07) is 1.56. The third-order valence-corrected chi connectivity index (χ3v) is 2.64. The van der Waals surface area contributed by atoms with E-state index in [4.69, 9.17) is 11.6 Å². The summed E-state index contributed by atoms with van der Waals surface area (Å²) in [5.41, 5.74) is 0.455. The third-order valence-electron chi connectivity index (χ3n) is 2.26. The van der Waals surface area contributed by atoms with Gasteiger partial charge in [-0.05, 0) is 24.8 Å². The molecule has 1 atom stereocenters. The predicted molar refractivity (Wildman–Crippen MR) is 46.9 cm³/mol. The maximum atomic E-state index is 12.9. The van der Waals surface area contributed by atoms with Gasteiger partial charge in [0.1, 0.15) is 5.02 Å². The summed E-state index contributed by atoms with van der Waals surface area (Å²) >= 11 is 5.66. The number of pyridine rings is 1. The van der Waals surface area contributed by atoms with Crippen LogP contribution in [0.1, 0.15) is 24.5 Å². The zero-order valence-corrected chi connectivity index (χ0v) is 7.63. The summed E-state index contributed by atoms with van der Waals surface area (Å²) in [5.74, 6) is -0.460. The largest absolute Gasteiger partial charge is 0.388 e. The molecule has 4 heteroatoms. The Morgan fingerprint density at radius 3 is 2.92 bits per heavy atom. The fourth-order valence-corrected chi connectivity index (χ4v) is 1.55. The molecule has 2 rings (SSSR count). The summed E-state index contributed by atoms with van der Waals surface area (Å²) in [6.45, 7) is 0. The molecule has 0 spiro atoms. The van der Waals surface area contributed by atoms with Crippen molar-refractivity contribution in [2.24, 2.45) is 5.92 Å². The van der Waals surface area contributed by atoms with E-state index in [1.165, 1.54) is 6.20 Å². The molecule has 2 nitrogen and oxygen atoms in total. The minimum Gasteiger partial charge on any atom is -0.388 e. The van der Waals surface area contributed by atoms with E-state index in [1.807, 2.05) is 0 Å². The Bertz CT molecular complexity index is 327. The number of aliphatic hydroxyl groups excluding tert-OH is 1. The van der Waals surface area contributed by atoms with Gasteiger partial charge >= 0.3 is 0 Å². The molecule has 13 heavy (non-hydrogen) atoms. The highest BCUT2D eigenvalue weighted by atomic mass is 35.5. The first-order valence-corrected chi connectivity index (χ1v) is 4.56. The Balaban J connectivity index is 2.32. The first kappa shape index (κ1) is 8.91. The molecule has 1 fully saturated rings. The van der Waals surface area contributed by atoms with Crippen LogP contribution in [0.4, 0.5) is 4.39 Å². The van der Waals surface area contributed by atoms with Crippen molar-refractivity contribution in [3.05, 3.63) is 28.8 Å². The van der Waals surface area contributed by atoms with Crippen LogP contribution in [-0.2, 0) is 0 Å². The maximum Gasteiger partial charge on any atom is 0.231 e. The molecule has 1 N–H and O–H groups in total. The van der Waals surface area contributed by atoms with Gasteiger partial charge < -0.3 is 5.11 Å². The van der Waals surface area contributed by atoms with Crippen molar-refractivity contribution < 1.29 is 9.50 Å². The van der Waals surface area contributed by atoms with Gasteiger partial charge in [-0.25, -0.2) is 4.98 Å². The molecular weight excluding hydrogens is 193 g/mol. The van der Waals surface area contributed by atoms with Crippen LogP contribution in [0.3, 0.4) is 0 Å². The topological polar surface area (TPSA) is 33.1 Å². The summed E-state index contributed by atoms with van der Waals surface area (Å²) in [7, 11) is 0. The molecule has 70 valence electrons. The molecule has 1 saturated carbocycles. The van der Waals surface area contributed by atoms with Gasteiger partial charge in [0.25, 0.3) is 0 Å². The van der Waals surface area contributed by atoms with E-state index < -0.39 is 12.1 Å². The number of halogens is 2. The Morgan fingerprint density at radius 1 is 1.62 bits per heavy atom. The predicted octanol–water partition coefficient (Wildman–Crippen LogP) is 2.32. The van der Waals surface area contributed by atoms with Crippen molar-refractivity contribution >= 4 is 11.6 Å². The van der Waals surface area contributed by atoms with Gasteiger partial charge in [-0.1, -0.05) is 11.6 Å². The first-order valence-electron chi connectivity index (χ1n) is 4.18. The number of aliphatic hydroxyl groups is 1. The summed E-state index contributed by atoms with van der Waals surface area (Å²) < 4.78 is 12.9. The average molecular weight is 202 g/mol. The first-order chi connectivity index (χ1) is 6.20. The zero-order valence-electron chi connectivity index (χ0n) is 6.87. The molecular formula is C9H9ClFNO. The number of aromatic nitrogens is 1. The standard InChI is InChI=1S/C9H9ClFNO/c10-7-6(3-4-12-9(7)11)8(13)5-1-2-5/h3-5,8,13H,1-2H2. The fraction of sp³-hybridized carbons (Fsp3) is 0.444. The van der Waals surface area contributed by atoms with Gasteiger partial charge in [-0.15, -0.1) is 0 Å². The average Bonchev–Trinajstić information content (AvgIpc) is 2.91. The lowest BCUT2D eigenvalue weighted by molar-refractivity contribution is 0.153. The molecule has 1 aliphatic rings. The van der Waals surface area contributed by atoms with Crippen LogP contribution < -0.4 is 0 Å². The molecule has 1 heterocycles. The maximum absolute atomic E-state index is 12.9. The second-order valence-corrected chi connectivity index (χ2v) is 3.67. The monoisotopic (exact) mass is 201 g/mol. The van der Waals surface area contributed by atoms with E-state index in [9.17, 15) is 9.50 Å². The number of rotatable bonds is 2. The van der Waals surface area contributed by atoms with E-state index >= 15 is 0 Å². The SMILES string of the molecule is OC(c1ccnc(F)c1Cl)C1CC1. The summed E-state index contributed by atoms with van der Waals surface area (Å²) in [4.78, 5) is 3.39. The van der Waals surface area contributed by atoms with Gasteiger partial charge in [0.05, 0.1) is 6.10 Å². The highest BCUT2D eigenvalue weighted by Gasteiger charge is 2.32. The Hall–Kier alpha value is -0.670. The van der Waals surface area contributed by atoms with Gasteiger partial charge in [0, 0.05) is 11.8 Å². The molecule has 0 amide bonds. The second kappa shape index (κ2) is 3.24. The molecule has 1 aromatic rings. The van der Waals surface area contributed by atoms with Crippen LogP contribution in [-0.4, -0.2) is 10.1 Å². The van der Waals surface area contributed by atoms with E-state index in [0.717, 1.165) is 12.8 Å². The Labute approximate surface area is 80.4 Å². The van der Waals surface area contributed by atoms with Gasteiger partial charge in [0.2, 0.25) is 5.95 Å². The molecule has 1 aliphatic carbocycles. The molecule has 0 aromatic carbocycles. The van der Waals surface area contributed by atoms with Crippen LogP contribution in [0.5, 0.6) is 0 Å². The van der Waals surface area contributed by atoms with Crippen LogP contribution in [0.15, 0.2) is 12.3 Å². The molecule has 0 saturated heterocycles. The van der Waals surface area contributed by atoms with Crippen LogP contribution in [0.25, 0.3) is 0 Å². The molecule has 1 unspecified atom stereocenters. The third kappa shape index (κ3) is 1.67. The molecule has 0 bridgehead atoms. The Kier molecular flexibility index (Phi) is 2.22. The van der Waals surface area contributed by atoms with Crippen molar-refractivity contribution in [3.63, 3.8) is 0 Å². The zero-order chi connectivity index (χ0) is 9.42. The van der Waals surface area contributed by atoms with Crippen LogP contribution >= 0.6 is 11.6 Å². The number of hydrogen-bond acceptors (Lipinski definition) is 2. The van der Waals surface area contributed by atoms with Crippen molar-refractivity contribution in [3.8, 4) is 0 Å². The van der Waals surface area contributed by atoms with Crippen LogP contribution in [0, 0.1) is 11.9 Å². The minimum atomic E-state index is -0.709. The van der Waals surface area contributed by atoms with E-state index in [0.29, 0.717) is 5.56 Å². The van der Waals surface area contributed by atoms with Gasteiger partial charge in [0.15, 0.2) is 0 Å². The van der Waals surface area contributed by atoms with Crippen molar-refractivity contribution in [1.29, 1.82) is 0 Å². The van der Waals surface area contributed by atoms with Gasteiger partial charge in [-0.3, -0.25) is 0 Å².